The van der Waals surface area contributed by atoms with Gasteiger partial charge < -0.3 is 9.72 Å². The number of H-pyrrole nitrogens is 1. The minimum Gasteiger partial charge on any atom is -0.465 e. The zero-order valence-electron chi connectivity index (χ0n) is 9.87. The van der Waals surface area contributed by atoms with Crippen LogP contribution >= 0.6 is 15.9 Å². The number of aromatic amines is 1. The molecule has 0 aliphatic heterocycles. The van der Waals surface area contributed by atoms with Gasteiger partial charge in [-0.05, 0) is 28.1 Å². The fourth-order valence-corrected chi connectivity index (χ4v) is 2.15. The van der Waals surface area contributed by atoms with Crippen LogP contribution in [0.4, 0.5) is 0 Å². The van der Waals surface area contributed by atoms with Gasteiger partial charge in [-0.2, -0.15) is 0 Å². The van der Waals surface area contributed by atoms with E-state index in [0.29, 0.717) is 11.5 Å². The number of hydrogen-bond acceptors (Lipinski definition) is 3. The Balaban J connectivity index is 2.61. The first-order valence-electron chi connectivity index (χ1n) is 5.30. The highest BCUT2D eigenvalue weighted by atomic mass is 79.9. The summed E-state index contributed by atoms with van der Waals surface area (Å²) in [5, 5.41) is 0. The zero-order chi connectivity index (χ0) is 12.6. The second-order valence-electron chi connectivity index (χ2n) is 4.12. The highest BCUT2D eigenvalue weighted by molar-refractivity contribution is 9.10. The van der Waals surface area contributed by atoms with E-state index in [-0.39, 0.29) is 5.97 Å². The van der Waals surface area contributed by atoms with Crippen LogP contribution in [-0.4, -0.2) is 23.0 Å². The third-order valence-electron chi connectivity index (χ3n) is 2.53. The van der Waals surface area contributed by atoms with Gasteiger partial charge >= 0.3 is 5.97 Å². The molecule has 0 radical (unpaired) electrons. The predicted octanol–water partition coefficient (Wildman–Crippen LogP) is 3.24. The molecule has 17 heavy (non-hydrogen) atoms. The fraction of sp³-hybridized carbons (Fsp3) is 0.333. The van der Waals surface area contributed by atoms with Gasteiger partial charge in [0.2, 0.25) is 0 Å². The van der Waals surface area contributed by atoms with Crippen LogP contribution in [0.5, 0.6) is 0 Å². The van der Waals surface area contributed by atoms with E-state index in [1.165, 1.54) is 7.11 Å². The number of carbonyl (C=O) groups excluding carboxylic acids is 1. The summed E-state index contributed by atoms with van der Waals surface area (Å²) in [4.78, 5) is 19.2. The summed E-state index contributed by atoms with van der Waals surface area (Å²) in [5.74, 6) is 0.867. The highest BCUT2D eigenvalue weighted by Crippen LogP contribution is 2.26. The molecule has 0 aliphatic carbocycles. The van der Waals surface area contributed by atoms with E-state index in [2.05, 4.69) is 39.7 Å². The van der Waals surface area contributed by atoms with Crippen molar-refractivity contribution < 1.29 is 9.53 Å². The van der Waals surface area contributed by atoms with Gasteiger partial charge in [0, 0.05) is 10.4 Å². The van der Waals surface area contributed by atoms with Crippen molar-refractivity contribution in [1.29, 1.82) is 0 Å². The van der Waals surface area contributed by atoms with E-state index < -0.39 is 0 Å². The average Bonchev–Trinajstić information content (AvgIpc) is 2.72. The number of methoxy groups -OCH3 is 1. The van der Waals surface area contributed by atoms with Gasteiger partial charge in [-0.15, -0.1) is 0 Å². The van der Waals surface area contributed by atoms with Crippen LogP contribution in [0.15, 0.2) is 16.6 Å². The number of carbonyl (C=O) groups is 1. The van der Waals surface area contributed by atoms with Gasteiger partial charge in [0.1, 0.15) is 11.3 Å². The Labute approximate surface area is 108 Å². The Morgan fingerprint density at radius 1 is 1.47 bits per heavy atom. The monoisotopic (exact) mass is 296 g/mol. The number of esters is 1. The standard InChI is InChI=1S/C12H13BrN2O2/c1-6(2)11-14-9-5-7(12(16)17-3)4-8(13)10(9)15-11/h4-6H,1-3H3,(H,14,15). The van der Waals surface area contributed by atoms with Crippen molar-refractivity contribution in [3.63, 3.8) is 0 Å². The molecule has 1 aromatic carbocycles. The van der Waals surface area contributed by atoms with Crippen LogP contribution < -0.4 is 0 Å². The van der Waals surface area contributed by atoms with E-state index in [1.54, 1.807) is 12.1 Å². The van der Waals surface area contributed by atoms with Crippen molar-refractivity contribution in [2.24, 2.45) is 0 Å². The van der Waals surface area contributed by atoms with Crippen molar-refractivity contribution in [2.75, 3.05) is 7.11 Å². The molecule has 0 spiro atoms. The molecule has 1 N–H and O–H groups in total. The Morgan fingerprint density at radius 3 is 2.76 bits per heavy atom. The first-order valence-corrected chi connectivity index (χ1v) is 6.09. The zero-order valence-corrected chi connectivity index (χ0v) is 11.5. The van der Waals surface area contributed by atoms with Crippen molar-refractivity contribution in [2.45, 2.75) is 19.8 Å². The van der Waals surface area contributed by atoms with Crippen LogP contribution in [0, 0.1) is 0 Å². The summed E-state index contributed by atoms with van der Waals surface area (Å²) < 4.78 is 5.49. The van der Waals surface area contributed by atoms with Gasteiger partial charge in [-0.25, -0.2) is 9.78 Å². The minimum absolute atomic E-state index is 0.316. The quantitative estimate of drug-likeness (QED) is 0.866. The third kappa shape index (κ3) is 2.20. The lowest BCUT2D eigenvalue weighted by molar-refractivity contribution is 0.0601. The molecule has 1 heterocycles. The van der Waals surface area contributed by atoms with Gasteiger partial charge in [0.25, 0.3) is 0 Å². The molecule has 5 heteroatoms. The smallest absolute Gasteiger partial charge is 0.337 e. The molecule has 0 aliphatic rings. The summed E-state index contributed by atoms with van der Waals surface area (Å²) in [6.45, 7) is 4.12. The molecular weight excluding hydrogens is 284 g/mol. The molecule has 2 aromatic rings. The highest BCUT2D eigenvalue weighted by Gasteiger charge is 2.13. The van der Waals surface area contributed by atoms with E-state index in [0.717, 1.165) is 21.3 Å². The van der Waals surface area contributed by atoms with Gasteiger partial charge in [0.05, 0.1) is 18.2 Å². The number of aromatic nitrogens is 2. The molecule has 0 bridgehead atoms. The number of hydrogen-bond donors (Lipinski definition) is 1. The van der Waals surface area contributed by atoms with Crippen molar-refractivity contribution in [3.05, 3.63) is 28.0 Å². The summed E-state index contributed by atoms with van der Waals surface area (Å²) in [6.07, 6.45) is 0. The second kappa shape index (κ2) is 4.49. The third-order valence-corrected chi connectivity index (χ3v) is 3.13. The maximum Gasteiger partial charge on any atom is 0.337 e. The number of nitrogens with zero attached hydrogens (tertiary/aromatic N) is 1. The summed E-state index contributed by atoms with van der Waals surface area (Å²) in [7, 11) is 1.37. The molecular formula is C12H13BrN2O2. The summed E-state index contributed by atoms with van der Waals surface area (Å²) in [5.41, 5.74) is 2.18. The number of halogens is 1. The van der Waals surface area contributed by atoms with Gasteiger partial charge in [-0.1, -0.05) is 13.8 Å². The maximum atomic E-state index is 11.5. The largest absolute Gasteiger partial charge is 0.465 e. The minimum atomic E-state index is -0.353. The fourth-order valence-electron chi connectivity index (χ4n) is 1.60. The molecule has 0 saturated carbocycles. The summed E-state index contributed by atoms with van der Waals surface area (Å²) >= 11 is 3.42. The number of ether oxygens (including phenoxy) is 1. The molecule has 4 nitrogen and oxygen atoms in total. The Kier molecular flexibility index (Phi) is 3.19. The summed E-state index contributed by atoms with van der Waals surface area (Å²) in [6, 6.07) is 3.48. The van der Waals surface area contributed by atoms with Crippen LogP contribution in [0.25, 0.3) is 11.0 Å². The number of fused-ring (bicyclic) bond motifs is 1. The predicted molar refractivity (Wildman–Crippen MR) is 69.2 cm³/mol. The van der Waals surface area contributed by atoms with Gasteiger partial charge in [-0.3, -0.25) is 0 Å². The number of rotatable bonds is 2. The molecule has 0 fully saturated rings. The van der Waals surface area contributed by atoms with E-state index in [9.17, 15) is 4.79 Å². The Morgan fingerprint density at radius 2 is 2.18 bits per heavy atom. The van der Waals surface area contributed by atoms with E-state index >= 15 is 0 Å². The molecule has 0 amide bonds. The van der Waals surface area contributed by atoms with Crippen molar-refractivity contribution in [1.82, 2.24) is 9.97 Å². The first-order chi connectivity index (χ1) is 8.02. The Bertz CT molecular complexity index is 575. The second-order valence-corrected chi connectivity index (χ2v) is 4.98. The van der Waals surface area contributed by atoms with E-state index in [1.807, 2.05) is 0 Å². The number of nitrogens with one attached hydrogen (secondary N) is 1. The SMILES string of the molecule is COC(=O)c1cc(Br)c2nc(C(C)C)[nH]c2c1. The molecule has 0 atom stereocenters. The molecule has 1 aromatic heterocycles. The Hall–Kier alpha value is -1.36. The maximum absolute atomic E-state index is 11.5. The molecule has 0 unspecified atom stereocenters. The lowest BCUT2D eigenvalue weighted by Crippen LogP contribution is -2.00. The first kappa shape index (κ1) is 12.1. The lowest BCUT2D eigenvalue weighted by atomic mass is 10.2. The topological polar surface area (TPSA) is 55.0 Å². The lowest BCUT2D eigenvalue weighted by Gasteiger charge is -2.00. The average molecular weight is 297 g/mol. The van der Waals surface area contributed by atoms with Crippen molar-refractivity contribution >= 4 is 32.9 Å². The van der Waals surface area contributed by atoms with Crippen LogP contribution in [0.2, 0.25) is 0 Å². The van der Waals surface area contributed by atoms with E-state index in [4.69, 9.17) is 4.74 Å². The molecule has 0 saturated heterocycles. The van der Waals surface area contributed by atoms with Crippen LogP contribution in [0.3, 0.4) is 0 Å². The molecule has 90 valence electrons. The molecule has 2 rings (SSSR count). The normalized spacial score (nSPS) is 11.1. The number of benzene rings is 1. The van der Waals surface area contributed by atoms with Crippen LogP contribution in [0.1, 0.15) is 35.9 Å². The van der Waals surface area contributed by atoms with Gasteiger partial charge in [0.15, 0.2) is 0 Å². The van der Waals surface area contributed by atoms with Crippen LogP contribution in [-0.2, 0) is 4.74 Å². The van der Waals surface area contributed by atoms with Crippen molar-refractivity contribution in [3.8, 4) is 0 Å². The number of imidazole rings is 1.